The Morgan fingerprint density at radius 2 is 1.79 bits per heavy atom. The van der Waals surface area contributed by atoms with Crippen LogP contribution in [0.15, 0.2) is 0 Å². The molecule has 0 heterocycles. The fourth-order valence-corrected chi connectivity index (χ4v) is 2.27. The van der Waals surface area contributed by atoms with Crippen LogP contribution in [0.5, 0.6) is 0 Å². The van der Waals surface area contributed by atoms with Crippen LogP contribution in [0.2, 0.25) is 0 Å². The van der Waals surface area contributed by atoms with E-state index in [1.165, 1.54) is 11.8 Å². The first-order chi connectivity index (χ1) is 6.64. The zero-order valence-corrected chi connectivity index (χ0v) is 10.2. The third-order valence-corrected chi connectivity index (χ3v) is 3.70. The summed E-state index contributed by atoms with van der Waals surface area (Å²) in [7, 11) is 0. The van der Waals surface area contributed by atoms with E-state index in [0.717, 1.165) is 36.4 Å². The van der Waals surface area contributed by atoms with Gasteiger partial charge in [0.1, 0.15) is 0 Å². The van der Waals surface area contributed by atoms with E-state index in [2.05, 4.69) is 26.7 Å². The lowest BCUT2D eigenvalue weighted by atomic mass is 10.3. The zero-order valence-electron chi connectivity index (χ0n) is 9.38. The minimum absolute atomic E-state index is 0.147. The second-order valence-corrected chi connectivity index (χ2v) is 4.36. The van der Waals surface area contributed by atoms with Gasteiger partial charge in [0.05, 0.1) is 31.9 Å². The number of hydrogen-bond acceptors (Lipinski definition) is 2. The van der Waals surface area contributed by atoms with Gasteiger partial charge in [-0.05, 0) is 26.7 Å². The van der Waals surface area contributed by atoms with Gasteiger partial charge < -0.3 is 4.48 Å². The third-order valence-electron chi connectivity index (χ3n) is 2.93. The van der Waals surface area contributed by atoms with Gasteiger partial charge in [-0.2, -0.15) is 0 Å². The molecule has 80 valence electrons. The van der Waals surface area contributed by atoms with Crippen molar-refractivity contribution in [1.82, 2.24) is 0 Å². The molecular weight excluding hydrogens is 194 g/mol. The number of rotatable bonds is 6. The first-order valence-electron chi connectivity index (χ1n) is 5.12. The number of carbonyl (C=O) groups excluding carboxylic acids is 1. The lowest BCUT2D eigenvalue weighted by Crippen LogP contribution is -2.49. The van der Waals surface area contributed by atoms with Crippen molar-refractivity contribution < 1.29 is 9.28 Å². The summed E-state index contributed by atoms with van der Waals surface area (Å²) in [5.74, 6) is 2.95. The van der Waals surface area contributed by atoms with Crippen molar-refractivity contribution in [2.45, 2.75) is 20.8 Å². The summed E-state index contributed by atoms with van der Waals surface area (Å²) in [6.07, 6.45) is 4.99. The third kappa shape index (κ3) is 4.17. The Labute approximate surface area is 91.6 Å². The first kappa shape index (κ1) is 13.5. The number of nitrogens with zero attached hydrogens (tertiary/aromatic N) is 1. The largest absolute Gasteiger partial charge is 0.324 e. The average Bonchev–Trinajstić information content (AvgIpc) is 2.25. The van der Waals surface area contributed by atoms with Gasteiger partial charge in [-0.25, -0.2) is 0 Å². The maximum absolute atomic E-state index is 10.9. The first-order valence-corrected chi connectivity index (χ1v) is 6.11. The number of quaternary nitrogens is 1. The lowest BCUT2D eigenvalue weighted by molar-refractivity contribution is -0.920. The minimum Gasteiger partial charge on any atom is -0.324 e. The number of carbonyl (C=O) groups is 1. The van der Waals surface area contributed by atoms with Crippen molar-refractivity contribution >= 4 is 16.9 Å². The van der Waals surface area contributed by atoms with E-state index >= 15 is 0 Å². The molecule has 0 aromatic rings. The molecule has 0 amide bonds. The van der Waals surface area contributed by atoms with E-state index in [1.807, 2.05) is 0 Å². The van der Waals surface area contributed by atoms with Crippen molar-refractivity contribution in [3.8, 4) is 12.3 Å². The van der Waals surface area contributed by atoms with Gasteiger partial charge in [-0.1, -0.05) is 11.8 Å². The number of thioether (sulfide) groups is 1. The molecule has 14 heavy (non-hydrogen) atoms. The Kier molecular flexibility index (Phi) is 6.69. The molecule has 0 fully saturated rings. The standard InChI is InChI=1S/C11H20NOS/c1-5-11(13)14-10-9-12(6-2,7-3)8-4/h1H,6-10H2,2-4H3/q+1. The van der Waals surface area contributed by atoms with Crippen LogP contribution in [0.25, 0.3) is 0 Å². The van der Waals surface area contributed by atoms with Crippen LogP contribution in [0.3, 0.4) is 0 Å². The maximum Gasteiger partial charge on any atom is 0.262 e. The SMILES string of the molecule is C#CC(=O)SCC[N+](CC)(CC)CC. The molecule has 0 atom stereocenters. The maximum atomic E-state index is 10.9. The Morgan fingerprint density at radius 1 is 1.29 bits per heavy atom. The normalized spacial score (nSPS) is 11.0. The molecule has 0 aliphatic rings. The molecule has 0 N–H and O–H groups in total. The van der Waals surface area contributed by atoms with Gasteiger partial charge in [-0.15, -0.1) is 6.42 Å². The lowest BCUT2D eigenvalue weighted by Gasteiger charge is -2.35. The molecule has 0 aromatic heterocycles. The molecule has 0 spiro atoms. The topological polar surface area (TPSA) is 17.1 Å². The quantitative estimate of drug-likeness (QED) is 0.495. The highest BCUT2D eigenvalue weighted by molar-refractivity contribution is 8.14. The van der Waals surface area contributed by atoms with Crippen LogP contribution in [0, 0.1) is 12.3 Å². The van der Waals surface area contributed by atoms with E-state index < -0.39 is 0 Å². The van der Waals surface area contributed by atoms with E-state index in [9.17, 15) is 4.79 Å². The van der Waals surface area contributed by atoms with Gasteiger partial charge in [0.25, 0.3) is 5.12 Å². The molecule has 0 saturated heterocycles. The molecule has 0 bridgehead atoms. The summed E-state index contributed by atoms with van der Waals surface area (Å²) in [5, 5.41) is -0.147. The van der Waals surface area contributed by atoms with Gasteiger partial charge in [0.2, 0.25) is 0 Å². The Balaban J connectivity index is 3.96. The van der Waals surface area contributed by atoms with E-state index in [0.29, 0.717) is 0 Å². The van der Waals surface area contributed by atoms with E-state index in [-0.39, 0.29) is 5.12 Å². The van der Waals surface area contributed by atoms with Crippen LogP contribution < -0.4 is 0 Å². The summed E-state index contributed by atoms with van der Waals surface area (Å²) in [6, 6.07) is 0. The van der Waals surface area contributed by atoms with Crippen LogP contribution in [-0.4, -0.2) is 41.5 Å². The molecule has 0 rings (SSSR count). The predicted octanol–water partition coefficient (Wildman–Crippen LogP) is 1.76. The molecule has 0 aliphatic carbocycles. The van der Waals surface area contributed by atoms with Crippen molar-refractivity contribution in [2.24, 2.45) is 0 Å². The summed E-state index contributed by atoms with van der Waals surface area (Å²) >= 11 is 1.26. The molecule has 0 unspecified atom stereocenters. The van der Waals surface area contributed by atoms with Crippen LogP contribution in [0.1, 0.15) is 20.8 Å². The van der Waals surface area contributed by atoms with Gasteiger partial charge in [-0.3, -0.25) is 4.79 Å². The summed E-state index contributed by atoms with van der Waals surface area (Å²) in [6.45, 7) is 11.0. The van der Waals surface area contributed by atoms with Crippen LogP contribution in [-0.2, 0) is 4.79 Å². The van der Waals surface area contributed by atoms with E-state index in [1.54, 1.807) is 0 Å². The number of hydrogen-bond donors (Lipinski definition) is 0. The highest BCUT2D eigenvalue weighted by atomic mass is 32.2. The summed E-state index contributed by atoms with van der Waals surface area (Å²) in [4.78, 5) is 10.9. The molecule has 0 aromatic carbocycles. The smallest absolute Gasteiger partial charge is 0.262 e. The monoisotopic (exact) mass is 214 g/mol. The van der Waals surface area contributed by atoms with Crippen LogP contribution in [0.4, 0.5) is 0 Å². The second kappa shape index (κ2) is 6.92. The molecule has 0 saturated carbocycles. The molecule has 0 radical (unpaired) electrons. The summed E-state index contributed by atoms with van der Waals surface area (Å²) < 4.78 is 1.07. The van der Waals surface area contributed by atoms with Gasteiger partial charge in [0, 0.05) is 0 Å². The van der Waals surface area contributed by atoms with Crippen molar-refractivity contribution in [3.63, 3.8) is 0 Å². The molecular formula is C11H20NOS+. The van der Waals surface area contributed by atoms with E-state index in [4.69, 9.17) is 6.42 Å². The molecule has 0 aliphatic heterocycles. The summed E-state index contributed by atoms with van der Waals surface area (Å²) in [5.41, 5.74) is 0. The van der Waals surface area contributed by atoms with Gasteiger partial charge in [0.15, 0.2) is 0 Å². The molecule has 2 nitrogen and oxygen atoms in total. The average molecular weight is 214 g/mol. The van der Waals surface area contributed by atoms with Crippen molar-refractivity contribution in [1.29, 1.82) is 0 Å². The highest BCUT2D eigenvalue weighted by Gasteiger charge is 2.20. The molecule has 3 heteroatoms. The Hall–Kier alpha value is -0.460. The fourth-order valence-electron chi connectivity index (χ4n) is 1.52. The van der Waals surface area contributed by atoms with Crippen molar-refractivity contribution in [2.75, 3.05) is 31.9 Å². The fraction of sp³-hybridized carbons (Fsp3) is 0.727. The Morgan fingerprint density at radius 3 is 2.14 bits per heavy atom. The van der Waals surface area contributed by atoms with Crippen LogP contribution >= 0.6 is 11.8 Å². The Bertz CT molecular complexity index is 208. The predicted molar refractivity (Wildman–Crippen MR) is 63.0 cm³/mol. The second-order valence-electron chi connectivity index (χ2n) is 3.29. The van der Waals surface area contributed by atoms with Crippen molar-refractivity contribution in [3.05, 3.63) is 0 Å². The minimum atomic E-state index is -0.147. The number of terminal acetylenes is 1. The van der Waals surface area contributed by atoms with Gasteiger partial charge >= 0.3 is 0 Å². The zero-order chi connectivity index (χ0) is 11.0. The highest BCUT2D eigenvalue weighted by Crippen LogP contribution is 2.09.